The van der Waals surface area contributed by atoms with Gasteiger partial charge in [0.05, 0.1) is 6.10 Å². The van der Waals surface area contributed by atoms with Gasteiger partial charge < -0.3 is 5.11 Å². The van der Waals surface area contributed by atoms with Crippen molar-refractivity contribution in [2.45, 2.75) is 112 Å². The normalized spacial score (nSPS) is 44.9. The summed E-state index contributed by atoms with van der Waals surface area (Å²) in [7, 11) is 0. The minimum absolute atomic E-state index is 0.00890. The van der Waals surface area contributed by atoms with Crippen LogP contribution in [0.25, 0.3) is 0 Å². The fourth-order valence-corrected chi connectivity index (χ4v) is 9.37. The van der Waals surface area contributed by atoms with Crippen LogP contribution >= 0.6 is 0 Å². The van der Waals surface area contributed by atoms with Crippen molar-refractivity contribution < 1.29 is 20.0 Å². The number of allylic oxidation sites excluding steroid dienone is 3. The second kappa shape index (κ2) is 8.28. The molecule has 0 spiro atoms. The van der Waals surface area contributed by atoms with Gasteiger partial charge in [-0.05, 0) is 92.3 Å². The largest absolute Gasteiger partial charge is 0.393 e. The summed E-state index contributed by atoms with van der Waals surface area (Å²) in [5, 5.41) is 20.6. The van der Waals surface area contributed by atoms with Crippen LogP contribution in [0.15, 0.2) is 23.8 Å². The number of fused-ring (bicyclic) bond motifs is 5. The van der Waals surface area contributed by atoms with E-state index >= 15 is 0 Å². The van der Waals surface area contributed by atoms with Crippen molar-refractivity contribution in [1.82, 2.24) is 0 Å². The van der Waals surface area contributed by atoms with Crippen LogP contribution in [0.3, 0.4) is 0 Å². The van der Waals surface area contributed by atoms with Crippen molar-refractivity contribution in [2.75, 3.05) is 0 Å². The van der Waals surface area contributed by atoms with Gasteiger partial charge in [0.25, 0.3) is 0 Å². The highest BCUT2D eigenvalue weighted by atomic mass is 17.1. The van der Waals surface area contributed by atoms with Crippen LogP contribution in [0.1, 0.15) is 100 Å². The molecule has 34 heavy (non-hydrogen) atoms. The van der Waals surface area contributed by atoms with Gasteiger partial charge in [-0.2, -0.15) is 0 Å². The molecule has 2 N–H and O–H groups in total. The molecular weight excluding hydrogens is 424 g/mol. The highest BCUT2D eigenvalue weighted by molar-refractivity contribution is 5.85. The zero-order valence-electron chi connectivity index (χ0n) is 22.8. The maximum absolute atomic E-state index is 12.8. The lowest BCUT2D eigenvalue weighted by atomic mass is 9.41. The highest BCUT2D eigenvalue weighted by Crippen LogP contribution is 2.73. The Labute approximate surface area is 207 Å². The lowest BCUT2D eigenvalue weighted by molar-refractivity contribution is -0.297. The van der Waals surface area contributed by atoms with Crippen molar-refractivity contribution in [3.8, 4) is 0 Å². The number of aliphatic hydroxyl groups excluding tert-OH is 1. The lowest BCUT2D eigenvalue weighted by Crippen LogP contribution is -2.57. The maximum atomic E-state index is 12.8. The zero-order chi connectivity index (χ0) is 25.3. The Hall–Kier alpha value is -0.970. The molecule has 4 nitrogen and oxygen atoms in total. The monoisotopic (exact) mass is 472 g/mol. The molecule has 3 saturated carbocycles. The molecular formula is C30H48O4. The molecule has 8 atom stereocenters. The fraction of sp³-hybridized carbons (Fsp3) is 0.833. The number of Topliss-reactive ketones (excluding diaryl/α,β-unsaturated/α-hetero) is 1. The van der Waals surface area contributed by atoms with Gasteiger partial charge in [-0.3, -0.25) is 10.1 Å². The van der Waals surface area contributed by atoms with Crippen molar-refractivity contribution in [3.63, 3.8) is 0 Å². The molecule has 4 rings (SSSR count). The van der Waals surface area contributed by atoms with Crippen LogP contribution in [0, 0.1) is 45.3 Å². The summed E-state index contributed by atoms with van der Waals surface area (Å²) in [5.74, 6) is 1.93. The summed E-state index contributed by atoms with van der Waals surface area (Å²) in [6.07, 6.45) is 12.9. The second-order valence-electron chi connectivity index (χ2n) is 14.0. The number of aliphatic hydroxyl groups is 1. The molecule has 0 heterocycles. The van der Waals surface area contributed by atoms with Gasteiger partial charge in [-0.1, -0.05) is 65.3 Å². The first-order valence-electron chi connectivity index (χ1n) is 13.6. The molecule has 3 fully saturated rings. The van der Waals surface area contributed by atoms with Crippen molar-refractivity contribution in [3.05, 3.63) is 23.8 Å². The summed E-state index contributed by atoms with van der Waals surface area (Å²) in [5.41, 5.74) is 0.849. The van der Waals surface area contributed by atoms with Gasteiger partial charge in [0.2, 0.25) is 0 Å². The van der Waals surface area contributed by atoms with Crippen LogP contribution < -0.4 is 0 Å². The molecule has 1 unspecified atom stereocenters. The van der Waals surface area contributed by atoms with E-state index in [1.54, 1.807) is 5.57 Å². The van der Waals surface area contributed by atoms with Crippen LogP contribution in [0.2, 0.25) is 0 Å². The number of carbonyl (C=O) groups is 1. The maximum Gasteiger partial charge on any atom is 0.138 e. The van der Waals surface area contributed by atoms with Gasteiger partial charge in [-0.25, -0.2) is 4.89 Å². The molecule has 4 heteroatoms. The average Bonchev–Trinajstić information content (AvgIpc) is 2.96. The van der Waals surface area contributed by atoms with E-state index in [4.69, 9.17) is 5.26 Å². The smallest absolute Gasteiger partial charge is 0.138 e. The topological polar surface area (TPSA) is 66.8 Å². The van der Waals surface area contributed by atoms with Gasteiger partial charge in [0, 0.05) is 11.8 Å². The number of carbonyl (C=O) groups excluding carboxylic acids is 1. The van der Waals surface area contributed by atoms with Gasteiger partial charge in [-0.15, -0.1) is 0 Å². The number of rotatable bonds is 5. The number of hydrogen-bond acceptors (Lipinski definition) is 4. The minimum atomic E-state index is -0.696. The molecule has 0 aliphatic heterocycles. The van der Waals surface area contributed by atoms with E-state index in [0.29, 0.717) is 30.0 Å². The molecule has 4 aliphatic carbocycles. The summed E-state index contributed by atoms with van der Waals surface area (Å²) in [6.45, 7) is 17.6. The zero-order valence-corrected chi connectivity index (χ0v) is 22.8. The van der Waals surface area contributed by atoms with Crippen molar-refractivity contribution in [1.29, 1.82) is 0 Å². The van der Waals surface area contributed by atoms with Crippen molar-refractivity contribution >= 4 is 5.78 Å². The van der Waals surface area contributed by atoms with E-state index in [9.17, 15) is 9.90 Å². The average molecular weight is 473 g/mol. The Kier molecular flexibility index (Phi) is 6.36. The predicted molar refractivity (Wildman–Crippen MR) is 136 cm³/mol. The first-order valence-corrected chi connectivity index (χ1v) is 13.6. The summed E-state index contributed by atoms with van der Waals surface area (Å²) in [4.78, 5) is 17.4. The highest BCUT2D eigenvalue weighted by Gasteiger charge is 2.67. The third-order valence-electron chi connectivity index (χ3n) is 11.5. The standard InChI is InChI=1S/C30H48O4/c1-19(10-9-15-26(2,3)34-33)25-22(31)18-30(8)21-11-12-23-27(4,5)24(32)14-16-28(23,6)20(21)13-17-29(25,30)7/h9,11,15,19-20,22-23,25,31,33H,10,12-14,16-18H2,1-8H3/b15-9+/t19-,20+,22+,23+,25-,28?,29+,30-/m1/s1. The molecule has 0 amide bonds. The minimum Gasteiger partial charge on any atom is -0.393 e. The summed E-state index contributed by atoms with van der Waals surface area (Å²) < 4.78 is 0. The van der Waals surface area contributed by atoms with Crippen molar-refractivity contribution in [2.24, 2.45) is 45.3 Å². The number of hydrogen-bond donors (Lipinski definition) is 2. The van der Waals surface area contributed by atoms with Crippen LogP contribution in [0.4, 0.5) is 0 Å². The van der Waals surface area contributed by atoms with E-state index in [1.165, 1.54) is 0 Å². The van der Waals surface area contributed by atoms with E-state index in [1.807, 2.05) is 19.9 Å². The molecule has 0 aromatic rings. The Balaban J connectivity index is 1.64. The van der Waals surface area contributed by atoms with E-state index in [0.717, 1.165) is 38.5 Å². The molecule has 4 aliphatic rings. The fourth-order valence-electron chi connectivity index (χ4n) is 9.37. The first-order chi connectivity index (χ1) is 15.6. The SMILES string of the molecule is C[C@H](C/C=C/C(C)(C)OO)[C@@H]1[C@@H](O)C[C@]2(C)C3=CC[C@H]4C(C)(C)C(=O)CCC4(C)[C@H]3CC[C@@]12C. The van der Waals surface area contributed by atoms with E-state index in [-0.39, 0.29) is 33.7 Å². The summed E-state index contributed by atoms with van der Waals surface area (Å²) >= 11 is 0. The Bertz CT molecular complexity index is 884. The molecule has 0 bridgehead atoms. The Morgan fingerprint density at radius 1 is 1.21 bits per heavy atom. The second-order valence-corrected chi connectivity index (χ2v) is 14.0. The van der Waals surface area contributed by atoms with Gasteiger partial charge in [0.1, 0.15) is 11.4 Å². The number of ketones is 1. The molecule has 0 aromatic carbocycles. The van der Waals surface area contributed by atoms with Gasteiger partial charge >= 0.3 is 0 Å². The van der Waals surface area contributed by atoms with Gasteiger partial charge in [0.15, 0.2) is 0 Å². The lowest BCUT2D eigenvalue weighted by Gasteiger charge is -2.63. The third kappa shape index (κ3) is 3.61. The third-order valence-corrected chi connectivity index (χ3v) is 11.5. The summed E-state index contributed by atoms with van der Waals surface area (Å²) in [6, 6.07) is 0. The molecule has 0 saturated heterocycles. The van der Waals surface area contributed by atoms with Crippen LogP contribution in [-0.4, -0.2) is 27.9 Å². The first kappa shape index (κ1) is 26.1. The molecule has 0 aromatic heterocycles. The van der Waals surface area contributed by atoms with Crippen LogP contribution in [-0.2, 0) is 9.68 Å². The molecule has 0 radical (unpaired) electrons. The van der Waals surface area contributed by atoms with Crippen LogP contribution in [0.5, 0.6) is 0 Å². The predicted octanol–water partition coefficient (Wildman–Crippen LogP) is 6.98. The van der Waals surface area contributed by atoms with E-state index in [2.05, 4.69) is 58.6 Å². The Morgan fingerprint density at radius 2 is 1.88 bits per heavy atom. The quantitative estimate of drug-likeness (QED) is 0.257. The van der Waals surface area contributed by atoms with E-state index < -0.39 is 5.60 Å². The molecule has 192 valence electrons. The Morgan fingerprint density at radius 3 is 2.53 bits per heavy atom.